The predicted molar refractivity (Wildman–Crippen MR) is 97.6 cm³/mol. The van der Waals surface area contributed by atoms with Gasteiger partial charge in [0, 0.05) is 4.90 Å². The summed E-state index contributed by atoms with van der Waals surface area (Å²) in [6.45, 7) is 2.05. The molecule has 0 bridgehead atoms. The van der Waals surface area contributed by atoms with Crippen molar-refractivity contribution in [1.82, 2.24) is 25.4 Å². The van der Waals surface area contributed by atoms with E-state index in [1.807, 2.05) is 6.92 Å². The molecule has 0 amide bonds. The first-order valence-corrected chi connectivity index (χ1v) is 9.87. The van der Waals surface area contributed by atoms with Gasteiger partial charge in [-0.2, -0.15) is 26.3 Å². The summed E-state index contributed by atoms with van der Waals surface area (Å²) < 4.78 is 77.1. The summed E-state index contributed by atoms with van der Waals surface area (Å²) in [5.74, 6) is 0.734. The molecule has 162 valence electrons. The number of unbranched alkanes of at least 4 members (excludes halogenated alkanes) is 2. The van der Waals surface area contributed by atoms with Crippen LogP contribution < -0.4 is 10.2 Å². The molecule has 0 N–H and O–H groups in total. The molecule has 3 aromatic heterocycles. The van der Waals surface area contributed by atoms with Crippen LogP contribution in [0.2, 0.25) is 0 Å². The van der Waals surface area contributed by atoms with Gasteiger partial charge in [-0.25, -0.2) is 0 Å². The fraction of sp³-hybridized carbons (Fsp3) is 0.389. The number of halogens is 6. The number of nitrogens with zero attached hydrogens (tertiary/aromatic N) is 5. The van der Waals surface area contributed by atoms with Gasteiger partial charge in [0.25, 0.3) is 0 Å². The van der Waals surface area contributed by atoms with Crippen molar-refractivity contribution in [3.05, 3.63) is 35.7 Å². The molecule has 0 aliphatic rings. The second-order valence-electron chi connectivity index (χ2n) is 6.35. The molecule has 3 heterocycles. The SMILES string of the molecule is CCCCCSc1cc(-c2cc(C(F)(F)F)n[n-]2)nc(-c2cc(C(F)(F)F)n[n-]2)c1. The topological polar surface area (TPSA) is 66.9 Å². The molecule has 0 fully saturated rings. The van der Waals surface area contributed by atoms with Gasteiger partial charge in [-0.3, -0.25) is 4.98 Å². The Labute approximate surface area is 171 Å². The zero-order valence-corrected chi connectivity index (χ0v) is 16.4. The summed E-state index contributed by atoms with van der Waals surface area (Å²) >= 11 is 1.42. The fourth-order valence-corrected chi connectivity index (χ4v) is 3.48. The lowest BCUT2D eigenvalue weighted by Crippen LogP contribution is -2.04. The Morgan fingerprint density at radius 3 is 1.70 bits per heavy atom. The first kappa shape index (κ1) is 22.2. The van der Waals surface area contributed by atoms with Crippen LogP contribution in [0.25, 0.3) is 22.8 Å². The van der Waals surface area contributed by atoms with Gasteiger partial charge in [-0.05, 0) is 36.4 Å². The van der Waals surface area contributed by atoms with E-state index >= 15 is 0 Å². The first-order valence-electron chi connectivity index (χ1n) is 8.88. The second-order valence-corrected chi connectivity index (χ2v) is 7.52. The zero-order valence-electron chi connectivity index (χ0n) is 15.5. The highest BCUT2D eigenvalue weighted by Crippen LogP contribution is 2.34. The van der Waals surface area contributed by atoms with Crippen LogP contribution in [0.5, 0.6) is 0 Å². The molecular weight excluding hydrogens is 432 g/mol. The lowest BCUT2D eigenvalue weighted by molar-refractivity contribution is -0.142. The van der Waals surface area contributed by atoms with Gasteiger partial charge < -0.3 is 20.4 Å². The fourth-order valence-electron chi connectivity index (χ4n) is 2.51. The molecular formula is C18H15F6N5S-2. The van der Waals surface area contributed by atoms with Crippen molar-refractivity contribution >= 4 is 11.8 Å². The molecule has 30 heavy (non-hydrogen) atoms. The molecule has 0 radical (unpaired) electrons. The van der Waals surface area contributed by atoms with Crippen molar-refractivity contribution in [1.29, 1.82) is 0 Å². The maximum Gasteiger partial charge on any atom is 0.431 e. The third-order valence-corrected chi connectivity index (χ3v) is 5.06. The summed E-state index contributed by atoms with van der Waals surface area (Å²) in [7, 11) is 0. The highest BCUT2D eigenvalue weighted by atomic mass is 32.2. The van der Waals surface area contributed by atoms with Gasteiger partial charge >= 0.3 is 12.4 Å². The van der Waals surface area contributed by atoms with Gasteiger partial charge in [0.05, 0.1) is 11.4 Å². The van der Waals surface area contributed by atoms with E-state index < -0.39 is 23.7 Å². The Bertz CT molecular complexity index is 921. The quantitative estimate of drug-likeness (QED) is 0.273. The summed E-state index contributed by atoms with van der Waals surface area (Å²) in [4.78, 5) is 4.78. The van der Waals surface area contributed by atoms with Crippen LogP contribution in [0.15, 0.2) is 29.2 Å². The number of alkyl halides is 6. The van der Waals surface area contributed by atoms with Crippen molar-refractivity contribution in [3.63, 3.8) is 0 Å². The molecule has 0 aliphatic carbocycles. The Kier molecular flexibility index (Phi) is 6.44. The van der Waals surface area contributed by atoms with Gasteiger partial charge in [0.1, 0.15) is 11.4 Å². The molecule has 0 unspecified atom stereocenters. The normalized spacial score (nSPS) is 12.5. The van der Waals surface area contributed by atoms with Crippen molar-refractivity contribution in [2.75, 3.05) is 5.75 Å². The van der Waals surface area contributed by atoms with Crippen LogP contribution >= 0.6 is 11.8 Å². The van der Waals surface area contributed by atoms with E-state index in [1.165, 1.54) is 23.9 Å². The van der Waals surface area contributed by atoms with Crippen LogP contribution in [0.3, 0.4) is 0 Å². The molecule has 3 aromatic rings. The maximum absolute atomic E-state index is 12.8. The summed E-state index contributed by atoms with van der Waals surface area (Å²) in [6.07, 6.45) is -6.40. The molecule has 0 atom stereocenters. The average molecular weight is 447 g/mol. The van der Waals surface area contributed by atoms with E-state index in [9.17, 15) is 26.3 Å². The molecule has 0 saturated heterocycles. The van der Waals surface area contributed by atoms with Gasteiger partial charge in [0.15, 0.2) is 0 Å². The molecule has 12 heteroatoms. The molecule has 0 aliphatic heterocycles. The minimum Gasteiger partial charge on any atom is -0.573 e. The molecule has 5 nitrogen and oxygen atoms in total. The summed E-state index contributed by atoms with van der Waals surface area (Å²) in [5, 5.41) is 13.3. The predicted octanol–water partition coefficient (Wildman–Crippen LogP) is 5.44. The number of aromatic nitrogens is 5. The van der Waals surface area contributed by atoms with E-state index in [-0.39, 0.29) is 22.8 Å². The number of thioether (sulfide) groups is 1. The van der Waals surface area contributed by atoms with Crippen molar-refractivity contribution in [2.45, 2.75) is 43.4 Å². The van der Waals surface area contributed by atoms with E-state index in [0.717, 1.165) is 37.1 Å². The minimum absolute atomic E-state index is 0.0602. The van der Waals surface area contributed by atoms with Gasteiger partial charge in [0.2, 0.25) is 0 Å². The van der Waals surface area contributed by atoms with Gasteiger partial charge in [-0.15, -0.1) is 11.8 Å². The Morgan fingerprint density at radius 1 is 0.800 bits per heavy atom. The molecule has 3 rings (SSSR count). The zero-order chi connectivity index (χ0) is 21.9. The van der Waals surface area contributed by atoms with Gasteiger partial charge in [-0.1, -0.05) is 31.2 Å². The second kappa shape index (κ2) is 8.70. The summed E-state index contributed by atoms with van der Waals surface area (Å²) in [5.41, 5.74) is -2.48. The van der Waals surface area contributed by atoms with E-state index in [0.29, 0.717) is 4.90 Å². The highest BCUT2D eigenvalue weighted by Gasteiger charge is 2.32. The number of hydrogen-bond donors (Lipinski definition) is 0. The van der Waals surface area contributed by atoms with Crippen LogP contribution in [0, 0.1) is 0 Å². The Balaban J connectivity index is 1.98. The van der Waals surface area contributed by atoms with Crippen LogP contribution in [0.4, 0.5) is 26.3 Å². The minimum atomic E-state index is -4.67. The van der Waals surface area contributed by atoms with E-state index in [4.69, 9.17) is 0 Å². The third kappa shape index (κ3) is 5.35. The van der Waals surface area contributed by atoms with Crippen molar-refractivity contribution < 1.29 is 26.3 Å². The standard InChI is InChI=1S/C18H15F6N5S/c1-2-3-4-5-30-10-6-11(13-8-15(28-26-13)17(19,20)21)25-12(7-10)14-9-16(29-27-14)18(22,23)24/h6-9H,2-5H2,1H3/q-2. The van der Waals surface area contributed by atoms with Crippen LogP contribution in [0.1, 0.15) is 37.6 Å². The summed E-state index contributed by atoms with van der Waals surface area (Å²) in [6, 6.07) is 4.56. The van der Waals surface area contributed by atoms with Crippen LogP contribution in [-0.4, -0.2) is 20.9 Å². The monoisotopic (exact) mass is 447 g/mol. The lowest BCUT2D eigenvalue weighted by atomic mass is 10.2. The number of rotatable bonds is 7. The van der Waals surface area contributed by atoms with Crippen molar-refractivity contribution in [2.24, 2.45) is 0 Å². The third-order valence-electron chi connectivity index (χ3n) is 4.00. The van der Waals surface area contributed by atoms with E-state index in [1.54, 1.807) is 0 Å². The Hall–Kier alpha value is -2.50. The average Bonchev–Trinajstić information content (AvgIpc) is 3.34. The first-order chi connectivity index (χ1) is 14.1. The number of hydrogen-bond acceptors (Lipinski definition) is 4. The number of pyridine rings is 1. The molecule has 0 aromatic carbocycles. The lowest BCUT2D eigenvalue weighted by Gasteiger charge is -2.13. The maximum atomic E-state index is 12.8. The molecule has 0 spiro atoms. The highest BCUT2D eigenvalue weighted by molar-refractivity contribution is 7.99. The van der Waals surface area contributed by atoms with Crippen molar-refractivity contribution in [3.8, 4) is 22.8 Å². The smallest absolute Gasteiger partial charge is 0.431 e. The molecule has 0 saturated carbocycles. The van der Waals surface area contributed by atoms with E-state index in [2.05, 4.69) is 25.4 Å². The largest absolute Gasteiger partial charge is 0.573 e. The Morgan fingerprint density at radius 2 is 1.30 bits per heavy atom. The van der Waals surface area contributed by atoms with Crippen LogP contribution in [-0.2, 0) is 12.4 Å².